The molecule has 6 rings (SSSR count). The molecule has 4 aromatic rings. The van der Waals surface area contributed by atoms with Crippen LogP contribution in [0, 0.1) is 5.82 Å². The largest absolute Gasteiger partial charge is 0.508 e. The number of amides is 3. The van der Waals surface area contributed by atoms with Gasteiger partial charge in [0.1, 0.15) is 23.1 Å². The van der Waals surface area contributed by atoms with Gasteiger partial charge < -0.3 is 30.6 Å². The molecule has 0 aliphatic carbocycles. The number of aromatic hydroxyl groups is 2. The quantitative estimate of drug-likeness (QED) is 0.280. The summed E-state index contributed by atoms with van der Waals surface area (Å²) in [6.45, 7) is 2.99. The van der Waals surface area contributed by atoms with E-state index in [1.54, 1.807) is 38.9 Å². The molecule has 0 saturated carbocycles. The number of fused-ring (bicyclic) bond motifs is 2. The lowest BCUT2D eigenvalue weighted by Crippen LogP contribution is -2.51. The smallest absolute Gasteiger partial charge is 0.317 e. The summed E-state index contributed by atoms with van der Waals surface area (Å²) in [5.41, 5.74) is 3.53. The zero-order chi connectivity index (χ0) is 30.1. The fourth-order valence-electron chi connectivity index (χ4n) is 5.52. The molecule has 1 fully saturated rings. The minimum atomic E-state index is -0.575. The molecule has 1 saturated heterocycles. The van der Waals surface area contributed by atoms with E-state index in [1.807, 2.05) is 31.3 Å². The second-order valence-corrected chi connectivity index (χ2v) is 10.8. The Kier molecular flexibility index (Phi) is 7.59. The van der Waals surface area contributed by atoms with Gasteiger partial charge in [-0.2, -0.15) is 5.10 Å². The number of anilines is 3. The van der Waals surface area contributed by atoms with E-state index >= 15 is 4.39 Å². The number of phenolic OH excluding ortho intramolecular Hbond substituents is 2. The molecule has 0 radical (unpaired) electrons. The molecule has 1 aromatic heterocycles. The van der Waals surface area contributed by atoms with E-state index in [2.05, 4.69) is 20.6 Å². The number of hydrogen-bond acceptors (Lipinski definition) is 7. The normalized spacial score (nSPS) is 14.8. The van der Waals surface area contributed by atoms with Gasteiger partial charge in [0, 0.05) is 69.1 Å². The lowest BCUT2D eigenvalue weighted by molar-refractivity contribution is 0.0985. The molecule has 0 bridgehead atoms. The van der Waals surface area contributed by atoms with Gasteiger partial charge in [-0.1, -0.05) is 18.2 Å². The van der Waals surface area contributed by atoms with Crippen molar-refractivity contribution >= 4 is 29.1 Å². The van der Waals surface area contributed by atoms with Crippen molar-refractivity contribution < 1.29 is 24.2 Å². The maximum absolute atomic E-state index is 15.2. The Balaban J connectivity index is 1.07. The van der Waals surface area contributed by atoms with Crippen molar-refractivity contribution in [1.29, 1.82) is 0 Å². The maximum Gasteiger partial charge on any atom is 0.317 e. The van der Waals surface area contributed by atoms with Gasteiger partial charge in [0.25, 0.3) is 5.91 Å². The van der Waals surface area contributed by atoms with Crippen LogP contribution in [0.15, 0.2) is 66.9 Å². The molecule has 3 aromatic carbocycles. The van der Waals surface area contributed by atoms with Crippen LogP contribution in [-0.4, -0.2) is 67.9 Å². The second kappa shape index (κ2) is 11.6. The predicted octanol–water partition coefficient (Wildman–Crippen LogP) is 3.90. The number of benzene rings is 3. The minimum absolute atomic E-state index is 0.00514. The molecule has 2 aliphatic heterocycles. The van der Waals surface area contributed by atoms with E-state index in [-0.39, 0.29) is 47.7 Å². The van der Waals surface area contributed by atoms with Crippen molar-refractivity contribution in [3.63, 3.8) is 0 Å². The SMILES string of the molecule is Cn1ncc2c1Nc1ccccc1N(C(=O)c1ccc(CNC(=O)N3CCN(Cc4cc(O)cc(O)c4)CC3)c(F)c1)C2. The van der Waals surface area contributed by atoms with Crippen LogP contribution in [0.5, 0.6) is 11.5 Å². The standard InChI is InChI=1S/C31H32FN7O4/c1-36-29-23(17-34-36)19-39(28-5-3-2-4-27(28)35-29)30(42)21-6-7-22(26(32)14-21)16-33-31(43)38-10-8-37(9-11-38)18-20-12-24(40)15-25(41)13-20/h2-7,12-15,17,35,40-41H,8-11,16,18-19H2,1H3,(H,33,43). The molecule has 3 heterocycles. The summed E-state index contributed by atoms with van der Waals surface area (Å²) in [6, 6.07) is 16.0. The van der Waals surface area contributed by atoms with Gasteiger partial charge in [0.05, 0.1) is 24.1 Å². The summed E-state index contributed by atoms with van der Waals surface area (Å²) in [6.07, 6.45) is 1.71. The van der Waals surface area contributed by atoms with Crippen molar-refractivity contribution in [3.8, 4) is 11.5 Å². The lowest BCUT2D eigenvalue weighted by atomic mass is 10.1. The molecule has 12 heteroatoms. The van der Waals surface area contributed by atoms with Crippen molar-refractivity contribution in [2.75, 3.05) is 36.4 Å². The van der Waals surface area contributed by atoms with Gasteiger partial charge >= 0.3 is 6.03 Å². The number of piperazine rings is 1. The number of nitrogens with zero attached hydrogens (tertiary/aromatic N) is 5. The van der Waals surface area contributed by atoms with Crippen LogP contribution >= 0.6 is 0 Å². The average molecular weight is 586 g/mol. The Morgan fingerprint density at radius 1 is 1.00 bits per heavy atom. The lowest BCUT2D eigenvalue weighted by Gasteiger charge is -2.34. The first-order valence-corrected chi connectivity index (χ1v) is 14.0. The van der Waals surface area contributed by atoms with Crippen LogP contribution in [0.4, 0.5) is 26.4 Å². The molecule has 3 amide bonds. The zero-order valence-corrected chi connectivity index (χ0v) is 23.6. The van der Waals surface area contributed by atoms with Gasteiger partial charge in [-0.15, -0.1) is 0 Å². The Morgan fingerprint density at radius 2 is 1.74 bits per heavy atom. The van der Waals surface area contributed by atoms with Crippen LogP contribution in [0.25, 0.3) is 0 Å². The molecule has 43 heavy (non-hydrogen) atoms. The summed E-state index contributed by atoms with van der Waals surface area (Å²) < 4.78 is 16.9. The van der Waals surface area contributed by atoms with Crippen LogP contribution in [0.2, 0.25) is 0 Å². The van der Waals surface area contributed by atoms with Gasteiger partial charge in [0.15, 0.2) is 0 Å². The monoisotopic (exact) mass is 585 g/mol. The number of aryl methyl sites for hydroxylation is 1. The predicted molar refractivity (Wildman–Crippen MR) is 159 cm³/mol. The van der Waals surface area contributed by atoms with E-state index in [4.69, 9.17) is 0 Å². The van der Waals surface area contributed by atoms with Crippen molar-refractivity contribution in [1.82, 2.24) is 24.9 Å². The number of rotatable bonds is 5. The third-order valence-electron chi connectivity index (χ3n) is 7.79. The number of carbonyl (C=O) groups is 2. The number of aromatic nitrogens is 2. The Hall–Kier alpha value is -5.10. The number of phenols is 2. The van der Waals surface area contributed by atoms with Crippen molar-refractivity contribution in [2.45, 2.75) is 19.6 Å². The Bertz CT molecular complexity index is 1660. The summed E-state index contributed by atoms with van der Waals surface area (Å²) in [5.74, 6) is -0.123. The zero-order valence-electron chi connectivity index (χ0n) is 23.6. The van der Waals surface area contributed by atoms with Crippen LogP contribution in [-0.2, 0) is 26.7 Å². The molecule has 2 aliphatic rings. The summed E-state index contributed by atoms with van der Waals surface area (Å²) in [4.78, 5) is 31.8. The maximum atomic E-state index is 15.2. The van der Waals surface area contributed by atoms with E-state index in [1.165, 1.54) is 18.2 Å². The molecule has 4 N–H and O–H groups in total. The molecular weight excluding hydrogens is 553 g/mol. The van der Waals surface area contributed by atoms with E-state index in [0.29, 0.717) is 38.4 Å². The fourth-order valence-corrected chi connectivity index (χ4v) is 5.52. The number of hydrogen-bond donors (Lipinski definition) is 4. The van der Waals surface area contributed by atoms with Crippen LogP contribution in [0.3, 0.4) is 0 Å². The highest BCUT2D eigenvalue weighted by atomic mass is 19.1. The summed E-state index contributed by atoms with van der Waals surface area (Å²) in [7, 11) is 1.82. The highest BCUT2D eigenvalue weighted by Gasteiger charge is 2.27. The first kappa shape index (κ1) is 28.0. The van der Waals surface area contributed by atoms with E-state index in [0.717, 1.165) is 22.6 Å². The highest BCUT2D eigenvalue weighted by Crippen LogP contribution is 2.36. The third kappa shape index (κ3) is 5.95. The first-order chi connectivity index (χ1) is 20.7. The number of para-hydroxylation sites is 2. The van der Waals surface area contributed by atoms with Crippen LogP contribution < -0.4 is 15.5 Å². The van der Waals surface area contributed by atoms with Gasteiger partial charge in [-0.3, -0.25) is 14.4 Å². The van der Waals surface area contributed by atoms with Crippen molar-refractivity contribution in [2.24, 2.45) is 7.05 Å². The molecule has 0 unspecified atom stereocenters. The Morgan fingerprint density at radius 3 is 2.49 bits per heavy atom. The van der Waals surface area contributed by atoms with E-state index in [9.17, 15) is 19.8 Å². The molecule has 222 valence electrons. The molecule has 11 nitrogen and oxygen atoms in total. The van der Waals surface area contributed by atoms with Gasteiger partial charge in [-0.05, 0) is 42.0 Å². The van der Waals surface area contributed by atoms with E-state index < -0.39 is 5.82 Å². The highest BCUT2D eigenvalue weighted by molar-refractivity contribution is 6.08. The topological polar surface area (TPSA) is 126 Å². The summed E-state index contributed by atoms with van der Waals surface area (Å²) in [5, 5.41) is 29.8. The van der Waals surface area contributed by atoms with Crippen LogP contribution in [0.1, 0.15) is 27.0 Å². The minimum Gasteiger partial charge on any atom is -0.508 e. The number of urea groups is 1. The number of halogens is 1. The number of carbonyl (C=O) groups excluding carboxylic acids is 2. The second-order valence-electron chi connectivity index (χ2n) is 10.8. The van der Waals surface area contributed by atoms with Gasteiger partial charge in [0.2, 0.25) is 0 Å². The summed E-state index contributed by atoms with van der Waals surface area (Å²) >= 11 is 0. The fraction of sp³-hybridized carbons (Fsp3) is 0.258. The first-order valence-electron chi connectivity index (χ1n) is 14.0. The number of nitrogens with one attached hydrogen (secondary N) is 2. The van der Waals surface area contributed by atoms with Crippen molar-refractivity contribution in [3.05, 3.63) is 94.9 Å². The molecule has 0 spiro atoms. The third-order valence-corrected chi connectivity index (χ3v) is 7.79. The Labute approximate surface area is 247 Å². The van der Waals surface area contributed by atoms with Gasteiger partial charge in [-0.25, -0.2) is 9.18 Å². The molecule has 0 atom stereocenters. The average Bonchev–Trinajstić information content (AvgIpc) is 3.23. The molecular formula is C31H32FN7O4.